The van der Waals surface area contributed by atoms with Crippen molar-refractivity contribution in [2.75, 3.05) is 20.2 Å². The normalized spacial score (nSPS) is 10.1. The van der Waals surface area contributed by atoms with E-state index in [1.165, 1.54) is 12.0 Å². The molecule has 0 aromatic heterocycles. The lowest BCUT2D eigenvalue weighted by Gasteiger charge is -2.20. The molecule has 0 spiro atoms. The van der Waals surface area contributed by atoms with Crippen LogP contribution in [-0.4, -0.2) is 37.0 Å². The van der Waals surface area contributed by atoms with Gasteiger partial charge in [-0.25, -0.2) is 8.78 Å². The fraction of sp³-hybridized carbons (Fsp3) is 0.385. The van der Waals surface area contributed by atoms with Gasteiger partial charge >= 0.3 is 5.97 Å². The number of carbonyl (C=O) groups excluding carboxylic acids is 2. The van der Waals surface area contributed by atoms with Gasteiger partial charge in [-0.3, -0.25) is 9.59 Å². The summed E-state index contributed by atoms with van der Waals surface area (Å²) >= 11 is 0. The van der Waals surface area contributed by atoms with Gasteiger partial charge in [-0.1, -0.05) is 6.92 Å². The third kappa shape index (κ3) is 4.31. The van der Waals surface area contributed by atoms with E-state index in [0.29, 0.717) is 19.0 Å². The first-order valence-electron chi connectivity index (χ1n) is 5.80. The number of hydrogen-bond acceptors (Lipinski definition) is 3. The van der Waals surface area contributed by atoms with E-state index in [-0.39, 0.29) is 12.1 Å². The maximum absolute atomic E-state index is 13.1. The highest BCUT2D eigenvalue weighted by atomic mass is 19.1. The van der Waals surface area contributed by atoms with Crippen LogP contribution < -0.4 is 0 Å². The molecule has 0 fully saturated rings. The fourth-order valence-corrected chi connectivity index (χ4v) is 1.60. The third-order valence-corrected chi connectivity index (χ3v) is 2.44. The maximum Gasteiger partial charge on any atom is 0.325 e. The van der Waals surface area contributed by atoms with E-state index in [0.717, 1.165) is 12.1 Å². The van der Waals surface area contributed by atoms with E-state index in [1.807, 2.05) is 6.92 Å². The molecule has 0 N–H and O–H groups in total. The number of ether oxygens (including phenoxy) is 1. The van der Waals surface area contributed by atoms with Crippen LogP contribution in [0.2, 0.25) is 0 Å². The maximum atomic E-state index is 13.1. The molecule has 1 aromatic carbocycles. The van der Waals surface area contributed by atoms with Crippen LogP contribution in [0.5, 0.6) is 0 Å². The monoisotopic (exact) mass is 271 g/mol. The summed E-state index contributed by atoms with van der Waals surface area (Å²) in [7, 11) is 1.21. The minimum absolute atomic E-state index is 0.130. The Hall–Kier alpha value is -1.98. The summed E-state index contributed by atoms with van der Waals surface area (Å²) < 4.78 is 30.6. The van der Waals surface area contributed by atoms with Crippen LogP contribution in [-0.2, 0) is 9.53 Å². The number of hydrogen-bond donors (Lipinski definition) is 0. The van der Waals surface area contributed by atoms with Gasteiger partial charge in [-0.2, -0.15) is 0 Å². The van der Waals surface area contributed by atoms with Gasteiger partial charge < -0.3 is 9.64 Å². The van der Waals surface area contributed by atoms with Crippen LogP contribution in [0, 0.1) is 11.6 Å². The van der Waals surface area contributed by atoms with Crippen molar-refractivity contribution in [3.05, 3.63) is 35.4 Å². The third-order valence-electron chi connectivity index (χ3n) is 2.44. The number of amides is 1. The Balaban J connectivity index is 2.94. The summed E-state index contributed by atoms with van der Waals surface area (Å²) in [6.45, 7) is 1.87. The molecule has 0 aliphatic carbocycles. The van der Waals surface area contributed by atoms with Gasteiger partial charge in [0, 0.05) is 18.2 Å². The Morgan fingerprint density at radius 2 is 1.79 bits per heavy atom. The second kappa shape index (κ2) is 6.82. The quantitative estimate of drug-likeness (QED) is 0.769. The molecule has 0 saturated heterocycles. The minimum Gasteiger partial charge on any atom is -0.468 e. The molecule has 1 rings (SSSR count). The predicted octanol–water partition coefficient (Wildman–Crippen LogP) is 1.99. The molecule has 1 aromatic rings. The first kappa shape index (κ1) is 15.1. The average molecular weight is 271 g/mol. The lowest BCUT2D eigenvalue weighted by atomic mass is 10.2. The second-order valence-corrected chi connectivity index (χ2v) is 3.96. The summed E-state index contributed by atoms with van der Waals surface area (Å²) in [4.78, 5) is 24.5. The van der Waals surface area contributed by atoms with Crippen molar-refractivity contribution in [1.29, 1.82) is 0 Å². The Kier molecular flexibility index (Phi) is 5.41. The molecule has 0 unspecified atom stereocenters. The zero-order chi connectivity index (χ0) is 14.4. The van der Waals surface area contributed by atoms with Crippen LogP contribution in [0.1, 0.15) is 23.7 Å². The van der Waals surface area contributed by atoms with Gasteiger partial charge in [0.1, 0.15) is 18.2 Å². The van der Waals surface area contributed by atoms with E-state index in [1.54, 1.807) is 0 Å². The molecule has 0 atom stereocenters. The molecular formula is C13H15F2NO3. The molecule has 6 heteroatoms. The Bertz CT molecular complexity index is 457. The number of benzene rings is 1. The van der Waals surface area contributed by atoms with Gasteiger partial charge in [-0.05, 0) is 18.6 Å². The predicted molar refractivity (Wildman–Crippen MR) is 64.6 cm³/mol. The van der Waals surface area contributed by atoms with Crippen LogP contribution in [0.4, 0.5) is 8.78 Å². The highest BCUT2D eigenvalue weighted by Gasteiger charge is 2.19. The van der Waals surface area contributed by atoms with Gasteiger partial charge in [0.2, 0.25) is 0 Å². The van der Waals surface area contributed by atoms with Crippen molar-refractivity contribution >= 4 is 11.9 Å². The molecule has 0 aliphatic heterocycles. The molecule has 0 saturated carbocycles. The van der Waals surface area contributed by atoms with Gasteiger partial charge in [0.25, 0.3) is 5.91 Å². The number of methoxy groups -OCH3 is 1. The van der Waals surface area contributed by atoms with Gasteiger partial charge in [0.05, 0.1) is 7.11 Å². The second-order valence-electron chi connectivity index (χ2n) is 3.96. The largest absolute Gasteiger partial charge is 0.468 e. The molecule has 104 valence electrons. The zero-order valence-corrected chi connectivity index (χ0v) is 10.8. The van der Waals surface area contributed by atoms with Crippen molar-refractivity contribution in [2.45, 2.75) is 13.3 Å². The van der Waals surface area contributed by atoms with Gasteiger partial charge in [-0.15, -0.1) is 0 Å². The van der Waals surface area contributed by atoms with Crippen LogP contribution in [0.3, 0.4) is 0 Å². The van der Waals surface area contributed by atoms with Crippen molar-refractivity contribution < 1.29 is 23.1 Å². The molecule has 0 heterocycles. The summed E-state index contributed by atoms with van der Waals surface area (Å²) in [5.41, 5.74) is -0.130. The SMILES string of the molecule is CCCN(CC(=O)OC)C(=O)c1cc(F)cc(F)c1. The highest BCUT2D eigenvalue weighted by molar-refractivity contribution is 5.96. The highest BCUT2D eigenvalue weighted by Crippen LogP contribution is 2.11. The van der Waals surface area contributed by atoms with Crippen LogP contribution >= 0.6 is 0 Å². The first-order chi connectivity index (χ1) is 8.97. The van der Waals surface area contributed by atoms with Crippen molar-refractivity contribution in [1.82, 2.24) is 4.90 Å². The standard InChI is InChI=1S/C13H15F2NO3/c1-3-4-16(8-12(17)19-2)13(18)9-5-10(14)7-11(15)6-9/h5-7H,3-4,8H2,1-2H3. The Morgan fingerprint density at radius 1 is 1.21 bits per heavy atom. The van der Waals surface area contributed by atoms with Crippen LogP contribution in [0.15, 0.2) is 18.2 Å². The average Bonchev–Trinajstić information content (AvgIpc) is 2.36. The molecule has 1 amide bonds. The van der Waals surface area contributed by atoms with Crippen molar-refractivity contribution in [3.63, 3.8) is 0 Å². The van der Waals surface area contributed by atoms with E-state index >= 15 is 0 Å². The molecular weight excluding hydrogens is 256 g/mol. The summed E-state index contributed by atoms with van der Waals surface area (Å²) in [6, 6.07) is 2.55. The number of halogens is 2. The number of rotatable bonds is 5. The molecule has 4 nitrogen and oxygen atoms in total. The van der Waals surface area contributed by atoms with Gasteiger partial charge in [0.15, 0.2) is 0 Å². The molecule has 19 heavy (non-hydrogen) atoms. The van der Waals surface area contributed by atoms with Crippen molar-refractivity contribution in [3.8, 4) is 0 Å². The number of esters is 1. The smallest absolute Gasteiger partial charge is 0.325 e. The zero-order valence-electron chi connectivity index (χ0n) is 10.8. The van der Waals surface area contributed by atoms with E-state index in [2.05, 4.69) is 4.74 Å². The summed E-state index contributed by atoms with van der Waals surface area (Å²) in [6.07, 6.45) is 0.612. The van der Waals surface area contributed by atoms with Crippen molar-refractivity contribution in [2.24, 2.45) is 0 Å². The fourth-order valence-electron chi connectivity index (χ4n) is 1.60. The lowest BCUT2D eigenvalue weighted by Crippen LogP contribution is -2.36. The lowest BCUT2D eigenvalue weighted by molar-refractivity contribution is -0.141. The van der Waals surface area contributed by atoms with E-state index in [4.69, 9.17) is 0 Å². The molecule has 0 radical (unpaired) electrons. The van der Waals surface area contributed by atoms with E-state index in [9.17, 15) is 18.4 Å². The number of carbonyl (C=O) groups is 2. The minimum atomic E-state index is -0.835. The summed E-state index contributed by atoms with van der Waals surface area (Å²) in [5, 5.41) is 0. The molecule has 0 aliphatic rings. The number of nitrogens with zero attached hydrogens (tertiary/aromatic N) is 1. The summed E-state index contributed by atoms with van der Waals surface area (Å²) in [5.74, 6) is -2.86. The van der Waals surface area contributed by atoms with E-state index < -0.39 is 23.5 Å². The van der Waals surface area contributed by atoms with Crippen LogP contribution in [0.25, 0.3) is 0 Å². The topological polar surface area (TPSA) is 46.6 Å². The Morgan fingerprint density at radius 3 is 2.26 bits per heavy atom. The first-order valence-corrected chi connectivity index (χ1v) is 5.80. The molecule has 0 bridgehead atoms. The Labute approximate surface area is 110 Å².